The lowest BCUT2D eigenvalue weighted by Crippen LogP contribution is -2.49. The number of aromatic nitrogens is 2. The van der Waals surface area contributed by atoms with E-state index in [1.54, 1.807) is 12.1 Å². The fraction of sp³-hybridized carbons (Fsp3) is 0.233. The van der Waals surface area contributed by atoms with E-state index in [9.17, 15) is 27.2 Å². The van der Waals surface area contributed by atoms with Crippen LogP contribution < -0.4 is 16.0 Å². The molecule has 0 saturated heterocycles. The molecule has 1 atom stereocenters. The molecule has 0 unspecified atom stereocenters. The molecular weight excluding hydrogens is 574 g/mol. The maximum atomic E-state index is 14.2. The van der Waals surface area contributed by atoms with Crippen LogP contribution in [0.1, 0.15) is 47.8 Å². The summed E-state index contributed by atoms with van der Waals surface area (Å²) in [6.45, 7) is 3.75. The lowest BCUT2D eigenvalue weighted by atomic mass is 9.91. The van der Waals surface area contributed by atoms with E-state index in [0.29, 0.717) is 34.6 Å². The Bertz CT molecular complexity index is 1660. The second kappa shape index (κ2) is 11.5. The molecule has 0 saturated carbocycles. The second-order valence-corrected chi connectivity index (χ2v) is 11.0. The van der Waals surface area contributed by atoms with E-state index in [1.807, 2.05) is 13.8 Å². The summed E-state index contributed by atoms with van der Waals surface area (Å²) in [5, 5.41) is 8.45. The van der Waals surface area contributed by atoms with Crippen LogP contribution in [0.3, 0.4) is 0 Å². The Morgan fingerprint density at radius 3 is 2.57 bits per heavy atom. The Hall–Kier alpha value is -4.38. The Kier molecular flexibility index (Phi) is 7.96. The van der Waals surface area contributed by atoms with Crippen molar-refractivity contribution in [2.24, 2.45) is 0 Å². The topological polar surface area (TPSA) is 98.9 Å². The van der Waals surface area contributed by atoms with Crippen molar-refractivity contribution in [1.29, 1.82) is 0 Å². The van der Waals surface area contributed by atoms with Crippen molar-refractivity contribution in [2.45, 2.75) is 44.6 Å². The van der Waals surface area contributed by atoms with Gasteiger partial charge in [0.2, 0.25) is 12.3 Å². The summed E-state index contributed by atoms with van der Waals surface area (Å²) in [5.74, 6) is -3.50. The Balaban J connectivity index is 1.52. The first-order valence-electron chi connectivity index (χ1n) is 13.0. The number of H-pyrrole nitrogens is 1. The molecule has 7 nitrogen and oxygen atoms in total. The Labute approximate surface area is 243 Å². The number of benzene rings is 2. The lowest BCUT2D eigenvalue weighted by Gasteiger charge is -2.30. The predicted octanol–water partition coefficient (Wildman–Crippen LogP) is 7.19. The Morgan fingerprint density at radius 2 is 1.86 bits per heavy atom. The fourth-order valence-electron chi connectivity index (χ4n) is 5.00. The molecule has 12 heteroatoms. The van der Waals surface area contributed by atoms with Crippen LogP contribution >= 0.6 is 11.6 Å². The standard InChI is InChI=1S/C30H26ClF4N5O2/c1-30(2)14-21-24(29(42)40-30)27(37-20-5-3-4-19(33)25(20)31)26(38-21)16-10-11-36-23(12-16)39-28(41)18(13-22(34)35)15-6-8-17(32)9-7-15/h3-12,18,22,37-38H,13-14H2,1-2H3,(H,40,42)(H,36,39,41)/t18-/m0/s1. The average Bonchev–Trinajstić information content (AvgIpc) is 3.27. The molecule has 0 spiro atoms. The zero-order valence-electron chi connectivity index (χ0n) is 22.5. The predicted molar refractivity (Wildman–Crippen MR) is 152 cm³/mol. The Morgan fingerprint density at radius 1 is 1.12 bits per heavy atom. The van der Waals surface area contributed by atoms with Gasteiger partial charge in [-0.2, -0.15) is 0 Å². The molecule has 0 bridgehead atoms. The van der Waals surface area contributed by atoms with Crippen molar-refractivity contribution in [3.63, 3.8) is 0 Å². The fourth-order valence-corrected chi connectivity index (χ4v) is 5.18. The lowest BCUT2D eigenvalue weighted by molar-refractivity contribution is -0.118. The van der Waals surface area contributed by atoms with Gasteiger partial charge in [0.05, 0.1) is 33.6 Å². The number of carbonyl (C=O) groups excluding carboxylic acids is 2. The summed E-state index contributed by atoms with van der Waals surface area (Å²) in [6, 6.07) is 12.2. The largest absolute Gasteiger partial charge is 0.356 e. The van der Waals surface area contributed by atoms with Crippen LogP contribution in [0.4, 0.5) is 34.8 Å². The van der Waals surface area contributed by atoms with Crippen LogP contribution in [0, 0.1) is 11.6 Å². The number of anilines is 3. The van der Waals surface area contributed by atoms with Crippen molar-refractivity contribution in [1.82, 2.24) is 15.3 Å². The van der Waals surface area contributed by atoms with E-state index in [0.717, 1.165) is 12.1 Å². The van der Waals surface area contributed by atoms with Gasteiger partial charge in [-0.25, -0.2) is 22.5 Å². The highest BCUT2D eigenvalue weighted by Gasteiger charge is 2.35. The molecule has 0 radical (unpaired) electrons. The molecule has 2 amide bonds. The molecule has 2 aromatic carbocycles. The molecule has 2 aromatic heterocycles. The summed E-state index contributed by atoms with van der Waals surface area (Å²) in [5.41, 5.74) is 2.12. The molecule has 4 aromatic rings. The van der Waals surface area contributed by atoms with Crippen molar-refractivity contribution in [3.05, 3.63) is 94.3 Å². The highest BCUT2D eigenvalue weighted by Crippen LogP contribution is 2.40. The highest BCUT2D eigenvalue weighted by molar-refractivity contribution is 6.33. The number of halogens is 5. The van der Waals surface area contributed by atoms with E-state index < -0.39 is 41.8 Å². The van der Waals surface area contributed by atoms with Crippen LogP contribution in [-0.4, -0.2) is 33.7 Å². The molecule has 1 aliphatic rings. The van der Waals surface area contributed by atoms with Gasteiger partial charge in [0.1, 0.15) is 17.5 Å². The van der Waals surface area contributed by atoms with Gasteiger partial charge in [0.25, 0.3) is 5.91 Å². The number of pyridine rings is 1. The number of amides is 2. The number of aromatic amines is 1. The second-order valence-electron chi connectivity index (χ2n) is 10.6. The van der Waals surface area contributed by atoms with Crippen LogP contribution in [-0.2, 0) is 11.2 Å². The number of nitrogens with one attached hydrogen (secondary N) is 4. The number of nitrogens with zero attached hydrogens (tertiary/aromatic N) is 1. The number of alkyl halides is 2. The van der Waals surface area contributed by atoms with Gasteiger partial charge in [-0.3, -0.25) is 9.59 Å². The molecule has 5 rings (SSSR count). The van der Waals surface area contributed by atoms with E-state index in [4.69, 9.17) is 11.6 Å². The normalized spacial score (nSPS) is 14.7. The van der Waals surface area contributed by atoms with Crippen molar-refractivity contribution >= 4 is 40.6 Å². The number of hydrogen-bond acceptors (Lipinski definition) is 4. The van der Waals surface area contributed by atoms with E-state index >= 15 is 0 Å². The quantitative estimate of drug-likeness (QED) is 0.161. The number of rotatable bonds is 8. The molecule has 4 N–H and O–H groups in total. The van der Waals surface area contributed by atoms with Gasteiger partial charge in [0, 0.05) is 35.8 Å². The third-order valence-electron chi connectivity index (χ3n) is 6.89. The van der Waals surface area contributed by atoms with E-state index in [2.05, 4.69) is 25.9 Å². The summed E-state index contributed by atoms with van der Waals surface area (Å²) >= 11 is 6.20. The third-order valence-corrected chi connectivity index (χ3v) is 7.27. The number of hydrogen-bond donors (Lipinski definition) is 4. The van der Waals surface area contributed by atoms with Gasteiger partial charge in [0.15, 0.2) is 0 Å². The number of fused-ring (bicyclic) bond motifs is 1. The van der Waals surface area contributed by atoms with E-state index in [-0.39, 0.29) is 28.0 Å². The maximum absolute atomic E-state index is 14.2. The van der Waals surface area contributed by atoms with Gasteiger partial charge < -0.3 is 20.9 Å². The van der Waals surface area contributed by atoms with E-state index in [1.165, 1.54) is 36.5 Å². The van der Waals surface area contributed by atoms with Crippen molar-refractivity contribution in [3.8, 4) is 11.3 Å². The maximum Gasteiger partial charge on any atom is 0.255 e. The van der Waals surface area contributed by atoms with Crippen LogP contribution in [0.5, 0.6) is 0 Å². The summed E-state index contributed by atoms with van der Waals surface area (Å²) in [4.78, 5) is 33.8. The van der Waals surface area contributed by atoms with Gasteiger partial charge in [-0.15, -0.1) is 0 Å². The zero-order valence-corrected chi connectivity index (χ0v) is 23.3. The first-order valence-corrected chi connectivity index (χ1v) is 13.4. The molecular formula is C30H26ClF4N5O2. The zero-order chi connectivity index (χ0) is 30.2. The smallest absolute Gasteiger partial charge is 0.255 e. The summed E-state index contributed by atoms with van der Waals surface area (Å²) in [7, 11) is 0. The number of carbonyl (C=O) groups is 2. The minimum atomic E-state index is -2.78. The van der Waals surface area contributed by atoms with Crippen LogP contribution in [0.2, 0.25) is 5.02 Å². The van der Waals surface area contributed by atoms with Crippen molar-refractivity contribution < 1.29 is 27.2 Å². The minimum absolute atomic E-state index is 0.0611. The third kappa shape index (κ3) is 6.11. The monoisotopic (exact) mass is 599 g/mol. The van der Waals surface area contributed by atoms with Crippen LogP contribution in [0.15, 0.2) is 60.8 Å². The van der Waals surface area contributed by atoms with Crippen molar-refractivity contribution in [2.75, 3.05) is 10.6 Å². The van der Waals surface area contributed by atoms with Gasteiger partial charge >= 0.3 is 0 Å². The van der Waals surface area contributed by atoms with Gasteiger partial charge in [-0.1, -0.05) is 29.8 Å². The molecule has 218 valence electrons. The molecule has 0 aliphatic carbocycles. The SMILES string of the molecule is CC1(C)Cc2[nH]c(-c3ccnc(NC(=O)[C@@H](CC(F)F)c4ccc(F)cc4)c3)c(Nc3cccc(F)c3Cl)c2C(=O)N1. The molecule has 3 heterocycles. The summed E-state index contributed by atoms with van der Waals surface area (Å²) < 4.78 is 54.4. The average molecular weight is 600 g/mol. The van der Waals surface area contributed by atoms with Gasteiger partial charge in [-0.05, 0) is 55.8 Å². The van der Waals surface area contributed by atoms with Crippen LogP contribution in [0.25, 0.3) is 11.3 Å². The molecule has 0 fully saturated rings. The minimum Gasteiger partial charge on any atom is -0.356 e. The first-order chi connectivity index (χ1) is 19.9. The summed E-state index contributed by atoms with van der Waals surface area (Å²) in [6.07, 6.45) is -1.68. The first kappa shape index (κ1) is 29.1. The highest BCUT2D eigenvalue weighted by atomic mass is 35.5. The molecule has 1 aliphatic heterocycles. The molecule has 42 heavy (non-hydrogen) atoms.